The van der Waals surface area contributed by atoms with E-state index in [0.717, 1.165) is 40.5 Å². The van der Waals surface area contributed by atoms with Gasteiger partial charge in [0.25, 0.3) is 11.8 Å². The van der Waals surface area contributed by atoms with E-state index in [-0.39, 0.29) is 11.5 Å². The molecule has 2 N–H and O–H groups in total. The molecule has 0 fully saturated rings. The standard InChI is InChI=1S/C25H22N2O4S/c1-13-7-9-16-20(11-13)32-24(21(16)23(29)26-2)27-22(28)18-12-17-15-6-4-3-5-14(15)8-10-19(17)31-25(18)30/h3-6,8,10,12-13H,7,9,11H2,1-2H3,(H,26,29)(H,27,28)/t13-/m1/s1. The Labute approximate surface area is 188 Å². The summed E-state index contributed by atoms with van der Waals surface area (Å²) in [5.41, 5.74) is 1.14. The van der Waals surface area contributed by atoms with Crippen molar-refractivity contribution < 1.29 is 14.0 Å². The van der Waals surface area contributed by atoms with Gasteiger partial charge in [-0.25, -0.2) is 4.79 Å². The number of carbonyl (C=O) groups is 2. The van der Waals surface area contributed by atoms with E-state index in [1.165, 1.54) is 11.3 Å². The Morgan fingerprint density at radius 1 is 1.09 bits per heavy atom. The van der Waals surface area contributed by atoms with Crippen LogP contribution in [0, 0.1) is 5.92 Å². The van der Waals surface area contributed by atoms with Crippen molar-refractivity contribution in [2.75, 3.05) is 12.4 Å². The molecule has 2 aromatic heterocycles. The molecule has 0 aliphatic heterocycles. The lowest BCUT2D eigenvalue weighted by atomic mass is 9.88. The van der Waals surface area contributed by atoms with Crippen LogP contribution in [-0.2, 0) is 12.8 Å². The molecule has 0 radical (unpaired) electrons. The molecule has 2 amide bonds. The zero-order valence-corrected chi connectivity index (χ0v) is 18.6. The first-order chi connectivity index (χ1) is 15.5. The van der Waals surface area contributed by atoms with Crippen LogP contribution >= 0.6 is 11.3 Å². The highest BCUT2D eigenvalue weighted by Crippen LogP contribution is 2.39. The fraction of sp³-hybridized carbons (Fsp3) is 0.240. The van der Waals surface area contributed by atoms with Crippen LogP contribution in [0.15, 0.2) is 51.7 Å². The molecule has 6 nitrogen and oxygen atoms in total. The van der Waals surface area contributed by atoms with Crippen LogP contribution in [0.3, 0.4) is 0 Å². The van der Waals surface area contributed by atoms with E-state index in [2.05, 4.69) is 17.6 Å². The fourth-order valence-electron chi connectivity index (χ4n) is 4.40. The van der Waals surface area contributed by atoms with Crippen molar-refractivity contribution in [1.82, 2.24) is 5.32 Å². The summed E-state index contributed by atoms with van der Waals surface area (Å²) in [5.74, 6) is -0.280. The van der Waals surface area contributed by atoms with Gasteiger partial charge in [-0.05, 0) is 53.6 Å². The number of fused-ring (bicyclic) bond motifs is 4. The van der Waals surface area contributed by atoms with Gasteiger partial charge < -0.3 is 15.1 Å². The Hall–Kier alpha value is -3.45. The van der Waals surface area contributed by atoms with Gasteiger partial charge in [0.2, 0.25) is 0 Å². The van der Waals surface area contributed by atoms with Crippen LogP contribution in [0.25, 0.3) is 21.7 Å². The molecule has 0 bridgehead atoms. The Bertz CT molecular complexity index is 1450. The van der Waals surface area contributed by atoms with Gasteiger partial charge in [-0.3, -0.25) is 9.59 Å². The second-order valence-corrected chi connectivity index (χ2v) is 9.34. The highest BCUT2D eigenvalue weighted by Gasteiger charge is 2.28. The Morgan fingerprint density at radius 2 is 1.91 bits per heavy atom. The maximum atomic E-state index is 13.2. The predicted octanol–water partition coefficient (Wildman–Crippen LogP) is 4.74. The molecule has 2 heterocycles. The van der Waals surface area contributed by atoms with Gasteiger partial charge in [0.1, 0.15) is 16.1 Å². The van der Waals surface area contributed by atoms with Gasteiger partial charge in [-0.1, -0.05) is 37.3 Å². The van der Waals surface area contributed by atoms with Crippen molar-refractivity contribution >= 4 is 49.9 Å². The highest BCUT2D eigenvalue weighted by atomic mass is 32.1. The van der Waals surface area contributed by atoms with E-state index in [4.69, 9.17) is 4.42 Å². The molecule has 4 aromatic rings. The lowest BCUT2D eigenvalue weighted by Gasteiger charge is -2.18. The Morgan fingerprint density at radius 3 is 2.72 bits per heavy atom. The minimum atomic E-state index is -0.707. The third-order valence-electron chi connectivity index (χ3n) is 6.08. The van der Waals surface area contributed by atoms with Crippen LogP contribution in [0.4, 0.5) is 5.00 Å². The molecule has 1 aliphatic carbocycles. The minimum absolute atomic E-state index is 0.0866. The van der Waals surface area contributed by atoms with Crippen molar-refractivity contribution in [3.8, 4) is 0 Å². The van der Waals surface area contributed by atoms with Gasteiger partial charge in [0.15, 0.2) is 0 Å². The van der Waals surface area contributed by atoms with E-state index < -0.39 is 11.5 Å². The molecular weight excluding hydrogens is 424 g/mol. The highest BCUT2D eigenvalue weighted by molar-refractivity contribution is 7.17. The molecule has 7 heteroatoms. The maximum Gasteiger partial charge on any atom is 0.349 e. The van der Waals surface area contributed by atoms with Gasteiger partial charge >= 0.3 is 5.63 Å². The quantitative estimate of drug-likeness (QED) is 0.351. The number of anilines is 1. The SMILES string of the molecule is CNC(=O)c1c(NC(=O)c2cc3c(ccc4ccccc43)oc2=O)sc2c1CC[C@@H](C)C2. The van der Waals surface area contributed by atoms with Crippen molar-refractivity contribution in [2.45, 2.75) is 26.2 Å². The third-order valence-corrected chi connectivity index (χ3v) is 7.25. The second kappa shape index (κ2) is 7.91. The number of hydrogen-bond donors (Lipinski definition) is 2. The van der Waals surface area contributed by atoms with Crippen LogP contribution in [0.2, 0.25) is 0 Å². The monoisotopic (exact) mass is 446 g/mol. The summed E-state index contributed by atoms with van der Waals surface area (Å²) in [6, 6.07) is 12.9. The summed E-state index contributed by atoms with van der Waals surface area (Å²) in [7, 11) is 1.58. The number of carbonyl (C=O) groups excluding carboxylic acids is 2. The molecule has 0 saturated heterocycles. The van der Waals surface area contributed by atoms with Gasteiger partial charge in [-0.2, -0.15) is 0 Å². The third kappa shape index (κ3) is 3.39. The molecule has 2 aromatic carbocycles. The number of benzene rings is 2. The van der Waals surface area contributed by atoms with E-state index in [0.29, 0.717) is 27.5 Å². The first-order valence-electron chi connectivity index (χ1n) is 10.6. The van der Waals surface area contributed by atoms with Crippen molar-refractivity contribution in [3.63, 3.8) is 0 Å². The summed E-state index contributed by atoms with van der Waals surface area (Å²) >= 11 is 1.42. The molecule has 1 atom stereocenters. The fourth-order valence-corrected chi connectivity index (χ4v) is 5.81. The molecule has 162 valence electrons. The van der Waals surface area contributed by atoms with Gasteiger partial charge in [0.05, 0.1) is 5.56 Å². The topological polar surface area (TPSA) is 88.4 Å². The average Bonchev–Trinajstić information content (AvgIpc) is 3.14. The summed E-state index contributed by atoms with van der Waals surface area (Å²) in [4.78, 5) is 39.5. The summed E-state index contributed by atoms with van der Waals surface area (Å²) in [6.07, 6.45) is 2.68. The average molecular weight is 447 g/mol. The number of rotatable bonds is 3. The molecule has 32 heavy (non-hydrogen) atoms. The van der Waals surface area contributed by atoms with Crippen LogP contribution < -0.4 is 16.3 Å². The lowest BCUT2D eigenvalue weighted by molar-refractivity contribution is 0.0963. The van der Waals surface area contributed by atoms with Crippen LogP contribution in [0.1, 0.15) is 44.5 Å². The van der Waals surface area contributed by atoms with Crippen molar-refractivity contribution in [1.29, 1.82) is 0 Å². The summed E-state index contributed by atoms with van der Waals surface area (Å²) in [6.45, 7) is 2.19. The molecular formula is C25H22N2O4S. The van der Waals surface area contributed by atoms with Gasteiger partial charge in [0, 0.05) is 17.3 Å². The smallest absolute Gasteiger partial charge is 0.349 e. The number of nitrogens with one attached hydrogen (secondary N) is 2. The number of amides is 2. The normalized spacial score (nSPS) is 15.5. The van der Waals surface area contributed by atoms with E-state index in [9.17, 15) is 14.4 Å². The zero-order valence-electron chi connectivity index (χ0n) is 17.8. The Kier molecular flexibility index (Phi) is 5.06. The van der Waals surface area contributed by atoms with E-state index >= 15 is 0 Å². The minimum Gasteiger partial charge on any atom is -0.422 e. The second-order valence-electron chi connectivity index (χ2n) is 8.24. The molecule has 1 aliphatic rings. The zero-order chi connectivity index (χ0) is 22.4. The molecule has 0 saturated carbocycles. The predicted molar refractivity (Wildman–Crippen MR) is 127 cm³/mol. The van der Waals surface area contributed by atoms with Crippen LogP contribution in [0.5, 0.6) is 0 Å². The Balaban J connectivity index is 1.58. The van der Waals surface area contributed by atoms with E-state index in [1.54, 1.807) is 19.2 Å². The summed E-state index contributed by atoms with van der Waals surface area (Å²) in [5, 5.41) is 8.56. The molecule has 0 spiro atoms. The number of thiophene rings is 1. The van der Waals surface area contributed by atoms with Crippen LogP contribution in [-0.4, -0.2) is 18.9 Å². The van der Waals surface area contributed by atoms with Gasteiger partial charge in [-0.15, -0.1) is 11.3 Å². The first kappa shape index (κ1) is 20.5. The maximum absolute atomic E-state index is 13.2. The van der Waals surface area contributed by atoms with Crippen molar-refractivity contribution in [3.05, 3.63) is 74.5 Å². The number of hydrogen-bond acceptors (Lipinski definition) is 5. The van der Waals surface area contributed by atoms with E-state index in [1.807, 2.05) is 30.3 Å². The molecule has 5 rings (SSSR count). The lowest BCUT2D eigenvalue weighted by Crippen LogP contribution is -2.24. The first-order valence-corrected chi connectivity index (χ1v) is 11.4. The largest absolute Gasteiger partial charge is 0.422 e. The van der Waals surface area contributed by atoms with Crippen molar-refractivity contribution in [2.24, 2.45) is 5.92 Å². The molecule has 0 unspecified atom stereocenters. The summed E-state index contributed by atoms with van der Waals surface area (Å²) < 4.78 is 5.46.